The number of carbonyl (C=O) groups excluding carboxylic acids is 1. The molecule has 0 fully saturated rings. The highest BCUT2D eigenvalue weighted by Crippen LogP contribution is 2.02. The van der Waals surface area contributed by atoms with Crippen LogP contribution in [-0.2, 0) is 14.3 Å². The first-order chi connectivity index (χ1) is 8.57. The number of nitrogens with two attached hydrogens (primary N) is 1. The van der Waals surface area contributed by atoms with Crippen LogP contribution in [0.2, 0.25) is 0 Å². The molecule has 108 valence electrons. The minimum Gasteiger partial charge on any atom is -0.382 e. The Kier molecular flexibility index (Phi) is 11.0. The Balaban J connectivity index is 3.35. The Morgan fingerprint density at radius 3 is 2.56 bits per heavy atom. The van der Waals surface area contributed by atoms with Gasteiger partial charge in [0.1, 0.15) is 0 Å². The molecule has 0 saturated heterocycles. The van der Waals surface area contributed by atoms with Crippen LogP contribution in [0.4, 0.5) is 0 Å². The summed E-state index contributed by atoms with van der Waals surface area (Å²) in [5.74, 6) is 0.393. The zero-order chi connectivity index (χ0) is 13.8. The van der Waals surface area contributed by atoms with E-state index in [-0.39, 0.29) is 11.9 Å². The molecule has 0 aliphatic carbocycles. The molecule has 0 bridgehead atoms. The van der Waals surface area contributed by atoms with Crippen molar-refractivity contribution < 1.29 is 14.3 Å². The van der Waals surface area contributed by atoms with Crippen LogP contribution in [0.15, 0.2) is 0 Å². The molecule has 0 saturated carbocycles. The smallest absolute Gasteiger partial charge is 0.236 e. The molecule has 0 radical (unpaired) electrons. The molecule has 5 heteroatoms. The van der Waals surface area contributed by atoms with Gasteiger partial charge in [-0.25, -0.2) is 0 Å². The third-order valence-electron chi connectivity index (χ3n) is 2.51. The number of hydrogen-bond donors (Lipinski definition) is 2. The molecule has 0 unspecified atom stereocenters. The van der Waals surface area contributed by atoms with Crippen LogP contribution in [0, 0.1) is 5.92 Å². The van der Waals surface area contributed by atoms with Crippen molar-refractivity contribution in [1.29, 1.82) is 0 Å². The van der Waals surface area contributed by atoms with E-state index in [1.807, 2.05) is 0 Å². The van der Waals surface area contributed by atoms with E-state index < -0.39 is 0 Å². The molecule has 0 spiro atoms. The summed E-state index contributed by atoms with van der Waals surface area (Å²) in [6.45, 7) is 6.74. The normalized spacial score (nSPS) is 12.7. The third-order valence-corrected chi connectivity index (χ3v) is 2.51. The zero-order valence-electron chi connectivity index (χ0n) is 11.9. The van der Waals surface area contributed by atoms with E-state index in [4.69, 9.17) is 15.2 Å². The van der Waals surface area contributed by atoms with E-state index in [0.717, 1.165) is 19.3 Å². The van der Waals surface area contributed by atoms with Crippen LogP contribution >= 0.6 is 0 Å². The highest BCUT2D eigenvalue weighted by Gasteiger charge is 2.13. The van der Waals surface area contributed by atoms with Gasteiger partial charge >= 0.3 is 0 Å². The Hall–Kier alpha value is -0.650. The van der Waals surface area contributed by atoms with E-state index in [1.54, 1.807) is 7.11 Å². The Morgan fingerprint density at radius 1 is 1.22 bits per heavy atom. The summed E-state index contributed by atoms with van der Waals surface area (Å²) >= 11 is 0. The summed E-state index contributed by atoms with van der Waals surface area (Å²) in [6.07, 6.45) is 2.57. The van der Waals surface area contributed by atoms with Crippen molar-refractivity contribution in [2.75, 3.05) is 33.5 Å². The topological polar surface area (TPSA) is 73.6 Å². The molecular formula is C13H28N2O3. The minimum absolute atomic E-state index is 0.0519. The van der Waals surface area contributed by atoms with Gasteiger partial charge in [0.25, 0.3) is 0 Å². The van der Waals surface area contributed by atoms with Crippen molar-refractivity contribution in [2.45, 2.75) is 39.2 Å². The molecule has 3 N–H and O–H groups in total. The van der Waals surface area contributed by atoms with Gasteiger partial charge in [-0.1, -0.05) is 13.8 Å². The van der Waals surface area contributed by atoms with Crippen LogP contribution in [0.25, 0.3) is 0 Å². The molecule has 5 nitrogen and oxygen atoms in total. The largest absolute Gasteiger partial charge is 0.382 e. The average Bonchev–Trinajstić information content (AvgIpc) is 2.31. The molecule has 1 amide bonds. The molecule has 0 aromatic carbocycles. The fourth-order valence-corrected chi connectivity index (χ4v) is 1.53. The van der Waals surface area contributed by atoms with Gasteiger partial charge in [-0.15, -0.1) is 0 Å². The number of methoxy groups -OCH3 is 1. The average molecular weight is 260 g/mol. The van der Waals surface area contributed by atoms with Gasteiger partial charge in [0.15, 0.2) is 0 Å². The van der Waals surface area contributed by atoms with Gasteiger partial charge in [0.05, 0.1) is 19.3 Å². The van der Waals surface area contributed by atoms with E-state index in [2.05, 4.69) is 19.2 Å². The van der Waals surface area contributed by atoms with Gasteiger partial charge in [-0.2, -0.15) is 0 Å². The molecule has 0 aliphatic heterocycles. The number of ether oxygens (including phenoxy) is 2. The molecule has 0 heterocycles. The Morgan fingerprint density at radius 2 is 1.94 bits per heavy atom. The van der Waals surface area contributed by atoms with Gasteiger partial charge in [0.2, 0.25) is 5.91 Å². The SMILES string of the molecule is COCCOCCCCNC(=O)[C@@H](N)CC(C)C. The predicted molar refractivity (Wildman–Crippen MR) is 72.4 cm³/mol. The zero-order valence-corrected chi connectivity index (χ0v) is 11.9. The maximum atomic E-state index is 11.6. The number of amides is 1. The third kappa shape index (κ3) is 10.5. The summed E-state index contributed by atoms with van der Waals surface area (Å²) in [5, 5.41) is 2.85. The van der Waals surface area contributed by atoms with Gasteiger partial charge in [0, 0.05) is 20.3 Å². The number of unbranched alkanes of at least 4 members (excludes halogenated alkanes) is 1. The highest BCUT2D eigenvalue weighted by atomic mass is 16.5. The molecule has 1 atom stereocenters. The van der Waals surface area contributed by atoms with Crippen LogP contribution in [0.3, 0.4) is 0 Å². The second-order valence-corrected chi connectivity index (χ2v) is 4.84. The lowest BCUT2D eigenvalue weighted by molar-refractivity contribution is -0.122. The van der Waals surface area contributed by atoms with Gasteiger partial charge < -0.3 is 20.5 Å². The monoisotopic (exact) mass is 260 g/mol. The molecule has 0 aromatic heterocycles. The highest BCUT2D eigenvalue weighted by molar-refractivity contribution is 5.81. The predicted octanol–water partition coefficient (Wildman–Crippen LogP) is 0.919. The maximum absolute atomic E-state index is 11.6. The Labute approximate surface area is 110 Å². The van der Waals surface area contributed by atoms with Crippen molar-refractivity contribution in [2.24, 2.45) is 11.7 Å². The second kappa shape index (κ2) is 11.4. The molecular weight excluding hydrogens is 232 g/mol. The molecule has 0 aromatic rings. The summed E-state index contributed by atoms with van der Waals surface area (Å²) in [7, 11) is 1.65. The number of hydrogen-bond acceptors (Lipinski definition) is 4. The summed E-state index contributed by atoms with van der Waals surface area (Å²) in [6, 6.07) is -0.386. The van der Waals surface area contributed by atoms with Crippen molar-refractivity contribution in [1.82, 2.24) is 5.32 Å². The number of carbonyl (C=O) groups is 1. The minimum atomic E-state index is -0.386. The second-order valence-electron chi connectivity index (χ2n) is 4.84. The van der Waals surface area contributed by atoms with E-state index in [0.29, 0.717) is 32.3 Å². The first kappa shape index (κ1) is 17.4. The lowest BCUT2D eigenvalue weighted by Crippen LogP contribution is -2.41. The van der Waals surface area contributed by atoms with Crippen LogP contribution in [0.1, 0.15) is 33.1 Å². The fourth-order valence-electron chi connectivity index (χ4n) is 1.53. The quantitative estimate of drug-likeness (QED) is 0.542. The van der Waals surface area contributed by atoms with Crippen molar-refractivity contribution in [3.05, 3.63) is 0 Å². The van der Waals surface area contributed by atoms with E-state index >= 15 is 0 Å². The lowest BCUT2D eigenvalue weighted by Gasteiger charge is -2.14. The number of rotatable bonds is 11. The fraction of sp³-hybridized carbons (Fsp3) is 0.923. The van der Waals surface area contributed by atoms with Crippen LogP contribution < -0.4 is 11.1 Å². The standard InChI is InChI=1S/C13H28N2O3/c1-11(2)10-12(14)13(16)15-6-4-5-7-18-9-8-17-3/h11-12H,4-10,14H2,1-3H3,(H,15,16)/t12-/m0/s1. The first-order valence-corrected chi connectivity index (χ1v) is 6.68. The van der Waals surface area contributed by atoms with Crippen LogP contribution in [-0.4, -0.2) is 45.4 Å². The van der Waals surface area contributed by atoms with E-state index in [9.17, 15) is 4.79 Å². The molecule has 18 heavy (non-hydrogen) atoms. The maximum Gasteiger partial charge on any atom is 0.236 e. The number of nitrogens with one attached hydrogen (secondary N) is 1. The Bertz CT molecular complexity index is 210. The summed E-state index contributed by atoms with van der Waals surface area (Å²) in [4.78, 5) is 11.6. The molecule has 0 rings (SSSR count). The summed E-state index contributed by atoms with van der Waals surface area (Å²) in [5.41, 5.74) is 5.76. The van der Waals surface area contributed by atoms with Crippen LogP contribution in [0.5, 0.6) is 0 Å². The first-order valence-electron chi connectivity index (χ1n) is 6.68. The summed E-state index contributed by atoms with van der Waals surface area (Å²) < 4.78 is 10.2. The van der Waals surface area contributed by atoms with Gasteiger partial charge in [-0.05, 0) is 25.2 Å². The lowest BCUT2D eigenvalue weighted by atomic mass is 10.0. The molecule has 0 aliphatic rings. The van der Waals surface area contributed by atoms with E-state index in [1.165, 1.54) is 0 Å². The van der Waals surface area contributed by atoms with Gasteiger partial charge in [-0.3, -0.25) is 4.79 Å². The van der Waals surface area contributed by atoms with Crippen molar-refractivity contribution >= 4 is 5.91 Å². The van der Waals surface area contributed by atoms with Crippen molar-refractivity contribution in [3.8, 4) is 0 Å². The van der Waals surface area contributed by atoms with Crippen molar-refractivity contribution in [3.63, 3.8) is 0 Å².